The van der Waals surface area contributed by atoms with Crippen LogP contribution < -0.4 is 0 Å². The molecule has 1 fully saturated rings. The van der Waals surface area contributed by atoms with Gasteiger partial charge in [-0.15, -0.1) is 0 Å². The number of hydrogen-bond acceptors (Lipinski definition) is 5. The molecule has 0 aliphatic carbocycles. The average molecular weight is 363 g/mol. The van der Waals surface area contributed by atoms with Gasteiger partial charge in [0.1, 0.15) is 0 Å². The number of benzene rings is 1. The van der Waals surface area contributed by atoms with Crippen LogP contribution >= 0.6 is 11.6 Å². The molecule has 0 radical (unpaired) electrons. The fraction of sp³-hybridized carbons (Fsp3) is 0.389. The molecule has 0 bridgehead atoms. The molecule has 6 nitrogen and oxygen atoms in total. The third-order valence-electron chi connectivity index (χ3n) is 4.14. The zero-order valence-corrected chi connectivity index (χ0v) is 14.9. The molecular weight excluding hydrogens is 344 g/mol. The molecule has 1 amide bonds. The lowest BCUT2D eigenvalue weighted by Crippen LogP contribution is -2.46. The van der Waals surface area contributed by atoms with E-state index in [-0.39, 0.29) is 5.91 Å². The number of esters is 1. The summed E-state index contributed by atoms with van der Waals surface area (Å²) in [6, 6.07) is 6.97. The summed E-state index contributed by atoms with van der Waals surface area (Å²) in [5.41, 5.74) is 1.62. The van der Waals surface area contributed by atoms with Gasteiger partial charge >= 0.3 is 5.97 Å². The quantitative estimate of drug-likeness (QED) is 0.785. The Morgan fingerprint density at radius 2 is 2.00 bits per heavy atom. The van der Waals surface area contributed by atoms with Crippen LogP contribution in [0.15, 0.2) is 24.3 Å². The van der Waals surface area contributed by atoms with E-state index in [4.69, 9.17) is 21.1 Å². The van der Waals surface area contributed by atoms with Gasteiger partial charge in [0.05, 0.1) is 30.0 Å². The van der Waals surface area contributed by atoms with E-state index in [0.717, 1.165) is 10.9 Å². The molecule has 1 aliphatic rings. The number of carbonyl (C=O) groups excluding carboxylic acids is 2. The standard InChI is InChI=1S/C18H19ClN2O4/c1-11-15(10-13-9-14(19)3-4-16(13)20-11)18(23)25-12(2)17(22)21-5-7-24-8-6-21/h3-4,9-10,12H,5-8H2,1-2H3. The number of ether oxygens (including phenoxy) is 2. The zero-order valence-electron chi connectivity index (χ0n) is 14.1. The summed E-state index contributed by atoms with van der Waals surface area (Å²) in [5, 5.41) is 1.31. The van der Waals surface area contributed by atoms with Crippen LogP contribution in [-0.4, -0.2) is 54.2 Å². The van der Waals surface area contributed by atoms with Gasteiger partial charge in [-0.25, -0.2) is 4.79 Å². The smallest absolute Gasteiger partial charge is 0.340 e. The van der Waals surface area contributed by atoms with Gasteiger partial charge in [-0.3, -0.25) is 9.78 Å². The van der Waals surface area contributed by atoms with Crippen LogP contribution in [0.4, 0.5) is 0 Å². The molecule has 0 N–H and O–H groups in total. The lowest BCUT2D eigenvalue weighted by molar-refractivity contribution is -0.143. The number of morpholine rings is 1. The summed E-state index contributed by atoms with van der Waals surface area (Å²) in [5.74, 6) is -0.785. The molecule has 2 heterocycles. The van der Waals surface area contributed by atoms with Gasteiger partial charge in [-0.2, -0.15) is 0 Å². The van der Waals surface area contributed by atoms with Crippen molar-refractivity contribution in [2.45, 2.75) is 20.0 Å². The van der Waals surface area contributed by atoms with Crippen molar-refractivity contribution in [3.8, 4) is 0 Å². The topological polar surface area (TPSA) is 68.7 Å². The Kier molecular flexibility index (Phi) is 5.20. The predicted molar refractivity (Wildman–Crippen MR) is 93.8 cm³/mol. The van der Waals surface area contributed by atoms with Crippen molar-refractivity contribution in [1.82, 2.24) is 9.88 Å². The monoisotopic (exact) mass is 362 g/mol. The number of aryl methyl sites for hydroxylation is 1. The van der Waals surface area contributed by atoms with E-state index in [9.17, 15) is 9.59 Å². The van der Waals surface area contributed by atoms with Crippen LogP contribution in [0, 0.1) is 6.92 Å². The number of aromatic nitrogens is 1. The number of amides is 1. The van der Waals surface area contributed by atoms with Crippen molar-refractivity contribution in [1.29, 1.82) is 0 Å². The molecule has 1 unspecified atom stereocenters. The third-order valence-corrected chi connectivity index (χ3v) is 4.38. The Balaban J connectivity index is 1.77. The molecule has 1 aliphatic heterocycles. The van der Waals surface area contributed by atoms with Gasteiger partial charge in [-0.1, -0.05) is 11.6 Å². The number of hydrogen-bond donors (Lipinski definition) is 0. The lowest BCUT2D eigenvalue weighted by atomic mass is 10.1. The van der Waals surface area contributed by atoms with E-state index in [2.05, 4.69) is 4.98 Å². The van der Waals surface area contributed by atoms with E-state index in [0.29, 0.717) is 42.6 Å². The SMILES string of the molecule is Cc1nc2ccc(Cl)cc2cc1C(=O)OC(C)C(=O)N1CCOCC1. The number of fused-ring (bicyclic) bond motifs is 1. The average Bonchev–Trinajstić information content (AvgIpc) is 2.61. The van der Waals surface area contributed by atoms with Crippen molar-refractivity contribution in [3.05, 3.63) is 40.5 Å². The first kappa shape index (κ1) is 17.6. The molecule has 3 rings (SSSR count). The molecule has 7 heteroatoms. The van der Waals surface area contributed by atoms with Crippen LogP contribution in [0.3, 0.4) is 0 Å². The normalized spacial score (nSPS) is 15.9. The molecule has 0 spiro atoms. The highest BCUT2D eigenvalue weighted by Gasteiger charge is 2.26. The number of nitrogens with zero attached hydrogens (tertiary/aromatic N) is 2. The number of rotatable bonds is 3. The number of carbonyl (C=O) groups is 2. The zero-order chi connectivity index (χ0) is 18.0. The van der Waals surface area contributed by atoms with Crippen LogP contribution in [0.1, 0.15) is 23.0 Å². The van der Waals surface area contributed by atoms with Crippen molar-refractivity contribution in [3.63, 3.8) is 0 Å². The van der Waals surface area contributed by atoms with E-state index in [1.54, 1.807) is 43.0 Å². The third kappa shape index (κ3) is 3.91. The van der Waals surface area contributed by atoms with E-state index >= 15 is 0 Å². The Morgan fingerprint density at radius 1 is 1.28 bits per heavy atom. The van der Waals surface area contributed by atoms with Gasteiger partial charge in [-0.05, 0) is 38.1 Å². The lowest BCUT2D eigenvalue weighted by Gasteiger charge is -2.29. The molecule has 0 saturated carbocycles. The summed E-state index contributed by atoms with van der Waals surface area (Å²) in [7, 11) is 0. The minimum absolute atomic E-state index is 0.217. The Bertz CT molecular complexity index is 818. The minimum Gasteiger partial charge on any atom is -0.449 e. The van der Waals surface area contributed by atoms with Gasteiger partial charge in [0.2, 0.25) is 0 Å². The van der Waals surface area contributed by atoms with Crippen LogP contribution in [-0.2, 0) is 14.3 Å². The summed E-state index contributed by atoms with van der Waals surface area (Å²) >= 11 is 6.00. The van der Waals surface area contributed by atoms with E-state index in [1.165, 1.54) is 0 Å². The summed E-state index contributed by atoms with van der Waals surface area (Å²) in [4.78, 5) is 30.9. The molecule has 1 aromatic carbocycles. The van der Waals surface area contributed by atoms with Crippen LogP contribution in [0.5, 0.6) is 0 Å². The van der Waals surface area contributed by atoms with Crippen molar-refractivity contribution >= 4 is 34.4 Å². The van der Waals surface area contributed by atoms with Crippen molar-refractivity contribution in [2.24, 2.45) is 0 Å². The highest BCUT2D eigenvalue weighted by molar-refractivity contribution is 6.31. The first-order valence-corrected chi connectivity index (χ1v) is 8.48. The van der Waals surface area contributed by atoms with E-state index in [1.807, 2.05) is 0 Å². The summed E-state index contributed by atoms with van der Waals surface area (Å²) in [6.07, 6.45) is -0.861. The Labute approximate surface area is 150 Å². The second kappa shape index (κ2) is 7.37. The highest BCUT2D eigenvalue weighted by Crippen LogP contribution is 2.21. The summed E-state index contributed by atoms with van der Waals surface area (Å²) < 4.78 is 10.6. The minimum atomic E-state index is -0.861. The second-order valence-electron chi connectivity index (χ2n) is 5.94. The molecule has 1 aromatic heterocycles. The molecule has 132 valence electrons. The van der Waals surface area contributed by atoms with Gasteiger partial charge in [0.15, 0.2) is 6.10 Å². The predicted octanol–water partition coefficient (Wildman–Crippen LogP) is 2.60. The van der Waals surface area contributed by atoms with Crippen molar-refractivity contribution in [2.75, 3.05) is 26.3 Å². The number of halogens is 1. The maximum Gasteiger partial charge on any atom is 0.340 e. The van der Waals surface area contributed by atoms with Crippen LogP contribution in [0.2, 0.25) is 5.02 Å². The first-order chi connectivity index (χ1) is 12.0. The molecule has 25 heavy (non-hydrogen) atoms. The largest absolute Gasteiger partial charge is 0.449 e. The van der Waals surface area contributed by atoms with Gasteiger partial charge in [0.25, 0.3) is 5.91 Å². The second-order valence-corrected chi connectivity index (χ2v) is 6.38. The fourth-order valence-corrected chi connectivity index (χ4v) is 2.95. The Hall–Kier alpha value is -2.18. The maximum absolute atomic E-state index is 12.5. The highest BCUT2D eigenvalue weighted by atomic mass is 35.5. The molecule has 1 atom stereocenters. The Morgan fingerprint density at radius 3 is 2.72 bits per heavy atom. The van der Waals surface area contributed by atoms with Gasteiger partial charge < -0.3 is 14.4 Å². The maximum atomic E-state index is 12.5. The first-order valence-electron chi connectivity index (χ1n) is 8.10. The van der Waals surface area contributed by atoms with Gasteiger partial charge in [0, 0.05) is 23.5 Å². The molecular formula is C18H19ClN2O4. The van der Waals surface area contributed by atoms with E-state index < -0.39 is 12.1 Å². The molecule has 1 saturated heterocycles. The molecule has 2 aromatic rings. The van der Waals surface area contributed by atoms with Crippen molar-refractivity contribution < 1.29 is 19.1 Å². The summed E-state index contributed by atoms with van der Waals surface area (Å²) in [6.45, 7) is 5.34. The number of pyridine rings is 1. The fourth-order valence-electron chi connectivity index (χ4n) is 2.77. The van der Waals surface area contributed by atoms with Crippen LogP contribution in [0.25, 0.3) is 10.9 Å².